The minimum atomic E-state index is -0.961. The van der Waals surface area contributed by atoms with Crippen molar-refractivity contribution in [3.05, 3.63) is 77.6 Å². The summed E-state index contributed by atoms with van der Waals surface area (Å²) in [4.78, 5) is 64.6. The molecule has 1 unspecified atom stereocenters. The Labute approximate surface area is 408 Å². The van der Waals surface area contributed by atoms with E-state index >= 15 is 0 Å². The number of carbonyl (C=O) groups excluding carboxylic acids is 4. The molecule has 14 heteroatoms. The molecule has 3 aliphatic rings. The number of cyclic esters (lactones) is 1. The van der Waals surface area contributed by atoms with E-state index in [2.05, 4.69) is 84.3 Å². The van der Waals surface area contributed by atoms with Crippen molar-refractivity contribution in [3.63, 3.8) is 0 Å². The maximum absolute atomic E-state index is 14.7. The molecule has 2 aromatic carbocycles. The molecule has 6 bridgehead atoms. The van der Waals surface area contributed by atoms with E-state index in [1.54, 1.807) is 18.2 Å². The second-order valence-electron chi connectivity index (χ2n) is 20.9. The zero-order valence-corrected chi connectivity index (χ0v) is 42.6. The summed E-state index contributed by atoms with van der Waals surface area (Å²) in [6.07, 6.45) is 3.84. The molecule has 2 N–H and O–H groups in total. The van der Waals surface area contributed by atoms with Gasteiger partial charge in [0.05, 0.1) is 48.3 Å². The first-order chi connectivity index (χ1) is 32.8. The highest BCUT2D eigenvalue weighted by Gasteiger charge is 2.37. The Morgan fingerprint density at radius 2 is 1.81 bits per heavy atom. The average molecular weight is 944 g/mol. The second kappa shape index (κ2) is 21.6. The third-order valence-corrected chi connectivity index (χ3v) is 14.3. The van der Waals surface area contributed by atoms with Crippen LogP contribution in [0.1, 0.15) is 97.6 Å². The van der Waals surface area contributed by atoms with Gasteiger partial charge >= 0.3 is 5.97 Å². The number of hydrazine groups is 1. The first kappa shape index (κ1) is 51.3. The molecule has 69 heavy (non-hydrogen) atoms. The number of methoxy groups -OCH3 is 1. The Hall–Kier alpha value is -5.59. The molecule has 5 heterocycles. The number of amides is 3. The number of carbonyl (C=O) groups is 4. The van der Waals surface area contributed by atoms with Gasteiger partial charge in [-0.15, -0.1) is 0 Å². The van der Waals surface area contributed by atoms with E-state index in [-0.39, 0.29) is 55.5 Å². The number of benzene rings is 2. The monoisotopic (exact) mass is 944 g/mol. The number of fused-ring (bicyclic) bond motifs is 6. The average Bonchev–Trinajstić information content (AvgIpc) is 3.93. The summed E-state index contributed by atoms with van der Waals surface area (Å²) in [5, 5.41) is 5.72. The molecule has 7 rings (SSSR count). The summed E-state index contributed by atoms with van der Waals surface area (Å²) in [5.74, 6) is 3.89. The second-order valence-corrected chi connectivity index (χ2v) is 20.9. The third kappa shape index (κ3) is 11.7. The summed E-state index contributed by atoms with van der Waals surface area (Å²) in [5.41, 5.74) is 10.2. The molecule has 5 atom stereocenters. The molecule has 0 radical (unpaired) electrons. The number of aromatic nitrogens is 2. The maximum Gasteiger partial charge on any atom is 0.324 e. The minimum Gasteiger partial charge on any atom is -0.464 e. The summed E-state index contributed by atoms with van der Waals surface area (Å²) >= 11 is 0. The van der Waals surface area contributed by atoms with E-state index in [1.165, 1.54) is 5.01 Å². The van der Waals surface area contributed by atoms with Crippen LogP contribution < -0.4 is 10.7 Å². The highest BCUT2D eigenvalue weighted by Crippen LogP contribution is 2.42. The van der Waals surface area contributed by atoms with Gasteiger partial charge in [-0.2, -0.15) is 0 Å². The van der Waals surface area contributed by atoms with Crippen molar-refractivity contribution in [2.45, 2.75) is 124 Å². The van der Waals surface area contributed by atoms with Gasteiger partial charge in [-0.05, 0) is 126 Å². The Kier molecular flexibility index (Phi) is 16.0. The van der Waals surface area contributed by atoms with E-state index in [0.717, 1.165) is 50.1 Å². The lowest BCUT2D eigenvalue weighted by Gasteiger charge is -2.36. The molecular weight excluding hydrogens is 871 g/mol. The number of aryl methyl sites for hydroxylation is 1. The lowest BCUT2D eigenvalue weighted by atomic mass is 9.84. The van der Waals surface area contributed by atoms with Crippen LogP contribution in [0.2, 0.25) is 0 Å². The Balaban J connectivity index is 1.21. The molecular formula is C55H73N7O7. The van der Waals surface area contributed by atoms with E-state index in [1.807, 2.05) is 71.8 Å². The number of hydrogen-bond acceptors (Lipinski definition) is 10. The van der Waals surface area contributed by atoms with Gasteiger partial charge in [-0.1, -0.05) is 63.9 Å². The molecule has 0 spiro atoms. The van der Waals surface area contributed by atoms with Crippen molar-refractivity contribution < 1.29 is 33.4 Å². The first-order valence-electron chi connectivity index (χ1n) is 24.7. The number of hydrogen-bond donors (Lipinski definition) is 2. The molecule has 3 aliphatic heterocycles. The number of nitrogens with zero attached hydrogens (tertiary/aromatic N) is 5. The highest BCUT2D eigenvalue weighted by molar-refractivity contribution is 5.96. The fourth-order valence-electron chi connectivity index (χ4n) is 9.52. The summed E-state index contributed by atoms with van der Waals surface area (Å²) < 4.78 is 20.7. The van der Waals surface area contributed by atoms with Crippen LogP contribution >= 0.6 is 0 Å². The number of rotatable bonds is 11. The standard InChI is InChI=1S/C55H73N7O7/c1-12-61-47-21-20-39-30-42(47)43(50(61)41-18-14-25-56-49(41)36(4)67-11)31-54(5,6)34-69-53(66)45-19-15-26-62(58-45)52(65)46(29-37-16-13-17-38(39)28-37)57-51(64)44(35(2)3)33-68-40-23-27-60(32-40)48(63)22-24-55(7,8)59(9)10/h13-14,16-18,20-21,25,28,30,35-36,40,44-46,58H,12,15,19,23,26-27,29,31-34H2,1-11H3,(H,57,64)/t36-,40+,44?,45-,46-/m0/s1. The molecule has 0 aliphatic carbocycles. The fraction of sp³-hybridized carbons (Fsp3) is 0.545. The number of likely N-dealkylation sites (tertiary alicyclic amines) is 1. The topological polar surface area (TPSA) is 148 Å². The van der Waals surface area contributed by atoms with Crippen LogP contribution in [0.25, 0.3) is 33.3 Å². The van der Waals surface area contributed by atoms with Crippen molar-refractivity contribution in [1.82, 2.24) is 35.1 Å². The lowest BCUT2D eigenvalue weighted by molar-refractivity contribution is -0.155. The van der Waals surface area contributed by atoms with Crippen LogP contribution in [-0.4, -0.2) is 126 Å². The predicted molar refractivity (Wildman–Crippen MR) is 268 cm³/mol. The molecule has 2 aromatic heterocycles. The summed E-state index contributed by atoms with van der Waals surface area (Å²) in [6, 6.07) is 17.1. The van der Waals surface area contributed by atoms with Gasteiger partial charge in [0.25, 0.3) is 11.8 Å². The van der Waals surface area contributed by atoms with Gasteiger partial charge in [0, 0.05) is 67.8 Å². The van der Waals surface area contributed by atoms with Gasteiger partial charge in [0.15, 0.2) is 0 Å². The minimum absolute atomic E-state index is 0.117. The molecule has 4 aromatic rings. The predicted octanol–water partition coefficient (Wildman–Crippen LogP) is 6.98. The van der Waals surface area contributed by atoms with E-state index in [9.17, 15) is 19.2 Å². The Morgan fingerprint density at radius 1 is 1.04 bits per heavy atom. The largest absolute Gasteiger partial charge is 0.464 e. The Bertz CT molecular complexity index is 2590. The van der Waals surface area contributed by atoms with Crippen molar-refractivity contribution in [1.29, 1.82) is 0 Å². The van der Waals surface area contributed by atoms with Crippen molar-refractivity contribution in [3.8, 4) is 34.2 Å². The first-order valence-corrected chi connectivity index (χ1v) is 24.7. The Morgan fingerprint density at radius 3 is 2.54 bits per heavy atom. The molecule has 0 saturated carbocycles. The van der Waals surface area contributed by atoms with E-state index in [0.29, 0.717) is 51.9 Å². The zero-order valence-electron chi connectivity index (χ0n) is 42.6. The lowest BCUT2D eigenvalue weighted by Crippen LogP contribution is -2.61. The third-order valence-electron chi connectivity index (χ3n) is 14.3. The number of pyridine rings is 1. The van der Waals surface area contributed by atoms with Crippen LogP contribution in [0, 0.1) is 29.1 Å². The molecule has 2 fully saturated rings. The molecule has 370 valence electrons. The maximum atomic E-state index is 14.7. The number of esters is 1. The van der Waals surface area contributed by atoms with E-state index in [4.69, 9.17) is 19.2 Å². The number of ether oxygens (including phenoxy) is 3. The highest BCUT2D eigenvalue weighted by atomic mass is 16.5. The summed E-state index contributed by atoms with van der Waals surface area (Å²) in [6.45, 7) is 18.5. The van der Waals surface area contributed by atoms with Gasteiger partial charge in [-0.3, -0.25) is 34.1 Å². The van der Waals surface area contributed by atoms with Gasteiger partial charge in [0.2, 0.25) is 5.91 Å². The fourth-order valence-corrected chi connectivity index (χ4v) is 9.52. The normalized spacial score (nSPS) is 20.9. The van der Waals surface area contributed by atoms with Crippen LogP contribution in [0.3, 0.4) is 0 Å². The van der Waals surface area contributed by atoms with Crippen LogP contribution in [0.5, 0.6) is 0 Å². The molecule has 2 saturated heterocycles. The van der Waals surface area contributed by atoms with Crippen LogP contribution in [-0.2, 0) is 52.8 Å². The zero-order chi connectivity index (χ0) is 49.8. The molecule has 14 nitrogen and oxygen atoms in total. The van der Waals surface area contributed by atoms with Gasteiger partial charge in [0.1, 0.15) is 12.1 Å². The molecule has 3 amide bonds. The number of nitrogens with one attached hydrogen (secondary N) is 2. The summed E-state index contributed by atoms with van der Waals surface area (Å²) in [7, 11) is 5.55. The van der Waals surface area contributed by atoms with Gasteiger partial charge < -0.3 is 29.0 Å². The van der Waals surface area contributed by atoms with Crippen LogP contribution in [0.15, 0.2) is 60.8 Å². The van der Waals surface area contributed by atoms with Crippen molar-refractivity contribution in [2.24, 2.45) is 17.3 Å². The van der Waals surface area contributed by atoms with E-state index < -0.39 is 34.9 Å². The van der Waals surface area contributed by atoms with Crippen LogP contribution in [0.4, 0.5) is 0 Å². The van der Waals surface area contributed by atoms with Crippen molar-refractivity contribution in [2.75, 3.05) is 54.1 Å². The smallest absolute Gasteiger partial charge is 0.324 e. The quantitative estimate of drug-likeness (QED) is 0.119. The van der Waals surface area contributed by atoms with Crippen molar-refractivity contribution >= 4 is 34.6 Å². The SMILES string of the molecule is CCn1c(-c2cccnc2[C@H](C)OC)c2c3cc(ccc31)-c1cccc(c1)C[C@H](NC(=O)C(CO[C@@H]1CCN(C(=O)C#CC(C)(C)N(C)C)C1)C(C)C)C(=O)N1CCC[C@H](N1)C(=O)OCC(C)(C)C2. The van der Waals surface area contributed by atoms with Gasteiger partial charge in [-0.25, -0.2) is 5.43 Å².